The van der Waals surface area contributed by atoms with Crippen molar-refractivity contribution in [3.05, 3.63) is 34.3 Å². The molecule has 0 heterocycles. The zero-order valence-electron chi connectivity index (χ0n) is 10.4. The fourth-order valence-electron chi connectivity index (χ4n) is 1.60. The van der Waals surface area contributed by atoms with Gasteiger partial charge in [-0.25, -0.2) is 0 Å². The predicted molar refractivity (Wildman–Crippen MR) is 72.2 cm³/mol. The summed E-state index contributed by atoms with van der Waals surface area (Å²) in [5, 5.41) is 8.56. The van der Waals surface area contributed by atoms with Crippen LogP contribution in [0, 0.1) is 0 Å². The Bertz CT molecular complexity index is 448. The molecule has 1 unspecified atom stereocenters. The molecule has 1 N–H and O–H groups in total. The number of hydrogen-bond acceptors (Lipinski definition) is 2. The van der Waals surface area contributed by atoms with Crippen LogP contribution in [0.3, 0.4) is 0 Å². The van der Waals surface area contributed by atoms with Gasteiger partial charge in [-0.3, -0.25) is 9.59 Å². The molecule has 1 amide bonds. The molecule has 0 aliphatic rings. The Morgan fingerprint density at radius 3 is 2.61 bits per heavy atom. The molecular weight excluding hydrogens is 298 g/mol. The highest BCUT2D eigenvalue weighted by Crippen LogP contribution is 2.22. The van der Waals surface area contributed by atoms with Crippen LogP contribution in [0.1, 0.15) is 31.4 Å². The molecule has 0 radical (unpaired) electrons. The Morgan fingerprint density at radius 2 is 2.06 bits per heavy atom. The third-order valence-corrected chi connectivity index (χ3v) is 3.35. The predicted octanol–water partition coefficient (Wildman–Crippen LogP) is 2.83. The fraction of sp³-hybridized carbons (Fsp3) is 0.385. The molecule has 0 aromatic heterocycles. The molecule has 0 saturated heterocycles. The zero-order valence-corrected chi connectivity index (χ0v) is 12.0. The molecule has 98 valence electrons. The molecular formula is C13H16BrNO3. The number of carbonyl (C=O) groups is 2. The first-order chi connectivity index (χ1) is 8.41. The van der Waals surface area contributed by atoms with Crippen molar-refractivity contribution >= 4 is 27.8 Å². The van der Waals surface area contributed by atoms with E-state index in [-0.39, 0.29) is 24.8 Å². The van der Waals surface area contributed by atoms with E-state index in [0.29, 0.717) is 0 Å². The van der Waals surface area contributed by atoms with Gasteiger partial charge in [0.25, 0.3) is 0 Å². The molecule has 0 bridgehead atoms. The number of carbonyl (C=O) groups excluding carboxylic acids is 1. The van der Waals surface area contributed by atoms with E-state index in [0.717, 1.165) is 10.0 Å². The standard InChI is InChI=1S/C13H16BrNO3/c1-9(10-4-3-5-11(14)8-10)15(2)12(16)6-7-13(17)18/h3-5,8-9H,6-7H2,1-2H3,(H,17,18). The van der Waals surface area contributed by atoms with Crippen molar-refractivity contribution in [1.82, 2.24) is 4.90 Å². The lowest BCUT2D eigenvalue weighted by atomic mass is 10.1. The Hall–Kier alpha value is -1.36. The van der Waals surface area contributed by atoms with E-state index in [9.17, 15) is 9.59 Å². The zero-order chi connectivity index (χ0) is 13.7. The summed E-state index contributed by atoms with van der Waals surface area (Å²) in [5.41, 5.74) is 1.01. The summed E-state index contributed by atoms with van der Waals surface area (Å²) < 4.78 is 0.957. The molecule has 1 aromatic carbocycles. The smallest absolute Gasteiger partial charge is 0.303 e. The largest absolute Gasteiger partial charge is 0.481 e. The minimum atomic E-state index is -0.952. The van der Waals surface area contributed by atoms with Crippen LogP contribution < -0.4 is 0 Å². The molecule has 5 heteroatoms. The lowest BCUT2D eigenvalue weighted by molar-refractivity contribution is -0.141. The van der Waals surface area contributed by atoms with Crippen molar-refractivity contribution in [3.8, 4) is 0 Å². The summed E-state index contributed by atoms with van der Waals surface area (Å²) in [6.07, 6.45) is -0.0987. The Morgan fingerprint density at radius 1 is 1.39 bits per heavy atom. The van der Waals surface area contributed by atoms with Crippen LogP contribution in [0.5, 0.6) is 0 Å². The van der Waals surface area contributed by atoms with Gasteiger partial charge in [0.1, 0.15) is 0 Å². The quantitative estimate of drug-likeness (QED) is 0.909. The molecule has 0 fully saturated rings. The van der Waals surface area contributed by atoms with E-state index in [1.165, 1.54) is 0 Å². The van der Waals surface area contributed by atoms with Gasteiger partial charge < -0.3 is 10.0 Å². The molecule has 0 aliphatic carbocycles. The summed E-state index contributed by atoms with van der Waals surface area (Å²) >= 11 is 3.39. The minimum Gasteiger partial charge on any atom is -0.481 e. The van der Waals surface area contributed by atoms with Crippen molar-refractivity contribution in [1.29, 1.82) is 0 Å². The second-order valence-electron chi connectivity index (χ2n) is 4.13. The lowest BCUT2D eigenvalue weighted by Crippen LogP contribution is -2.29. The van der Waals surface area contributed by atoms with E-state index in [4.69, 9.17) is 5.11 Å². The van der Waals surface area contributed by atoms with Gasteiger partial charge in [-0.1, -0.05) is 28.1 Å². The third-order valence-electron chi connectivity index (χ3n) is 2.86. The van der Waals surface area contributed by atoms with Gasteiger partial charge in [0.15, 0.2) is 0 Å². The first-order valence-electron chi connectivity index (χ1n) is 5.64. The number of benzene rings is 1. The normalized spacial score (nSPS) is 11.9. The molecule has 1 rings (SSSR count). The Balaban J connectivity index is 2.68. The fourth-order valence-corrected chi connectivity index (χ4v) is 2.01. The van der Waals surface area contributed by atoms with E-state index >= 15 is 0 Å². The number of carboxylic acids is 1. The van der Waals surface area contributed by atoms with Gasteiger partial charge in [-0.2, -0.15) is 0 Å². The lowest BCUT2D eigenvalue weighted by Gasteiger charge is -2.25. The SMILES string of the molecule is CC(c1cccc(Br)c1)N(C)C(=O)CCC(=O)O. The number of rotatable bonds is 5. The Labute approximate surface area is 115 Å². The monoisotopic (exact) mass is 313 g/mol. The van der Waals surface area contributed by atoms with Crippen LogP contribution in [0.15, 0.2) is 28.7 Å². The number of hydrogen-bond donors (Lipinski definition) is 1. The van der Waals surface area contributed by atoms with E-state index < -0.39 is 5.97 Å². The van der Waals surface area contributed by atoms with Crippen LogP contribution in [0.25, 0.3) is 0 Å². The summed E-state index contributed by atoms with van der Waals surface area (Å²) in [5.74, 6) is -1.11. The van der Waals surface area contributed by atoms with Crippen LogP contribution in [-0.2, 0) is 9.59 Å². The highest BCUT2D eigenvalue weighted by Gasteiger charge is 2.18. The molecule has 18 heavy (non-hydrogen) atoms. The molecule has 1 atom stereocenters. The van der Waals surface area contributed by atoms with Crippen LogP contribution >= 0.6 is 15.9 Å². The summed E-state index contributed by atoms with van der Waals surface area (Å²) in [6, 6.07) is 7.64. The summed E-state index contributed by atoms with van der Waals surface area (Å²) in [6.45, 7) is 1.92. The van der Waals surface area contributed by atoms with Crippen LogP contribution in [-0.4, -0.2) is 28.9 Å². The van der Waals surface area contributed by atoms with Gasteiger partial charge in [0.2, 0.25) is 5.91 Å². The number of halogens is 1. The maximum Gasteiger partial charge on any atom is 0.303 e. The second kappa shape index (κ2) is 6.54. The van der Waals surface area contributed by atoms with Gasteiger partial charge >= 0.3 is 5.97 Å². The highest BCUT2D eigenvalue weighted by molar-refractivity contribution is 9.10. The van der Waals surface area contributed by atoms with Crippen molar-refractivity contribution < 1.29 is 14.7 Å². The average molecular weight is 314 g/mol. The maximum atomic E-state index is 11.8. The van der Waals surface area contributed by atoms with Gasteiger partial charge in [-0.05, 0) is 24.6 Å². The summed E-state index contributed by atoms with van der Waals surface area (Å²) in [7, 11) is 1.69. The molecule has 4 nitrogen and oxygen atoms in total. The van der Waals surface area contributed by atoms with Crippen molar-refractivity contribution in [3.63, 3.8) is 0 Å². The van der Waals surface area contributed by atoms with Crippen molar-refractivity contribution in [2.75, 3.05) is 7.05 Å². The second-order valence-corrected chi connectivity index (χ2v) is 5.05. The highest BCUT2D eigenvalue weighted by atomic mass is 79.9. The van der Waals surface area contributed by atoms with E-state index in [1.807, 2.05) is 31.2 Å². The van der Waals surface area contributed by atoms with Gasteiger partial charge in [0, 0.05) is 17.9 Å². The van der Waals surface area contributed by atoms with Crippen molar-refractivity contribution in [2.24, 2.45) is 0 Å². The van der Waals surface area contributed by atoms with E-state index in [1.54, 1.807) is 11.9 Å². The minimum absolute atomic E-state index is 0.0319. The first kappa shape index (κ1) is 14.7. The van der Waals surface area contributed by atoms with E-state index in [2.05, 4.69) is 15.9 Å². The Kier molecular flexibility index (Phi) is 5.34. The van der Waals surface area contributed by atoms with Gasteiger partial charge in [0.05, 0.1) is 12.5 Å². The molecule has 0 spiro atoms. The summed E-state index contributed by atoms with van der Waals surface area (Å²) in [4.78, 5) is 23.8. The van der Waals surface area contributed by atoms with Crippen LogP contribution in [0.4, 0.5) is 0 Å². The average Bonchev–Trinajstić information content (AvgIpc) is 2.34. The topological polar surface area (TPSA) is 57.6 Å². The number of nitrogens with zero attached hydrogens (tertiary/aromatic N) is 1. The maximum absolute atomic E-state index is 11.8. The first-order valence-corrected chi connectivity index (χ1v) is 6.44. The van der Waals surface area contributed by atoms with Crippen LogP contribution in [0.2, 0.25) is 0 Å². The van der Waals surface area contributed by atoms with Crippen molar-refractivity contribution in [2.45, 2.75) is 25.8 Å². The molecule has 0 saturated carbocycles. The molecule has 1 aromatic rings. The number of amides is 1. The third kappa shape index (κ3) is 4.14. The molecule has 0 aliphatic heterocycles. The van der Waals surface area contributed by atoms with Gasteiger partial charge in [-0.15, -0.1) is 0 Å². The number of carboxylic acid groups (broad SMARTS) is 1. The number of aliphatic carboxylic acids is 1.